The van der Waals surface area contributed by atoms with Crippen LogP contribution in [-0.2, 0) is 29.1 Å². The first-order valence-corrected chi connectivity index (χ1v) is 9.53. The largest absolute Gasteiger partial charge is 0.497 e. The Balaban J connectivity index is 1.59. The number of carbonyl (C=O) groups excluding carboxylic acids is 1. The molecule has 0 saturated heterocycles. The summed E-state index contributed by atoms with van der Waals surface area (Å²) in [5.41, 5.74) is 3.53. The maximum absolute atomic E-state index is 12.3. The van der Waals surface area contributed by atoms with Gasteiger partial charge in [-0.25, -0.2) is 0 Å². The van der Waals surface area contributed by atoms with E-state index in [0.717, 1.165) is 34.8 Å². The number of methoxy groups -OCH3 is 1. The van der Waals surface area contributed by atoms with Crippen molar-refractivity contribution in [2.24, 2.45) is 5.92 Å². The van der Waals surface area contributed by atoms with Gasteiger partial charge in [0, 0.05) is 23.4 Å². The number of benzene rings is 1. The normalized spacial score (nSPS) is 11.1. The summed E-state index contributed by atoms with van der Waals surface area (Å²) in [5, 5.41) is 8.46. The zero-order valence-electron chi connectivity index (χ0n) is 17.4. The zero-order valence-corrected chi connectivity index (χ0v) is 17.4. The number of carbonyl (C=O) groups is 1. The first kappa shape index (κ1) is 20.6. The molecule has 0 amide bonds. The number of aryl methyl sites for hydroxylation is 1. The van der Waals surface area contributed by atoms with Gasteiger partial charge in [-0.05, 0) is 44.0 Å². The second-order valence-corrected chi connectivity index (χ2v) is 7.30. The van der Waals surface area contributed by atoms with Gasteiger partial charge in [-0.2, -0.15) is 10.1 Å². The molecular formula is C21H26N4O4. The van der Waals surface area contributed by atoms with E-state index in [1.807, 2.05) is 42.8 Å². The summed E-state index contributed by atoms with van der Waals surface area (Å²) in [7, 11) is 1.61. The molecule has 8 nitrogen and oxygen atoms in total. The van der Waals surface area contributed by atoms with Crippen LogP contribution in [-0.4, -0.2) is 33.0 Å². The smallest absolute Gasteiger partial charge is 0.310 e. The molecule has 154 valence electrons. The number of esters is 1. The first-order chi connectivity index (χ1) is 13.9. The van der Waals surface area contributed by atoms with E-state index in [0.29, 0.717) is 11.7 Å². The monoisotopic (exact) mass is 398 g/mol. The molecule has 0 N–H and O–H groups in total. The van der Waals surface area contributed by atoms with Gasteiger partial charge in [-0.15, -0.1) is 0 Å². The van der Waals surface area contributed by atoms with Gasteiger partial charge in [0.2, 0.25) is 5.82 Å². The second-order valence-electron chi connectivity index (χ2n) is 7.30. The molecular weight excluding hydrogens is 372 g/mol. The van der Waals surface area contributed by atoms with Crippen molar-refractivity contribution in [1.29, 1.82) is 0 Å². The molecule has 1 aromatic carbocycles. The average Bonchev–Trinajstić information content (AvgIpc) is 3.27. The van der Waals surface area contributed by atoms with Gasteiger partial charge >= 0.3 is 5.97 Å². The summed E-state index contributed by atoms with van der Waals surface area (Å²) in [4.78, 5) is 16.6. The molecule has 0 saturated carbocycles. The van der Waals surface area contributed by atoms with Gasteiger partial charge in [0.1, 0.15) is 5.75 Å². The Morgan fingerprint density at radius 2 is 1.93 bits per heavy atom. The summed E-state index contributed by atoms with van der Waals surface area (Å²) < 4.78 is 17.6. The van der Waals surface area contributed by atoms with E-state index in [9.17, 15) is 4.79 Å². The highest BCUT2D eigenvalue weighted by atomic mass is 16.6. The Morgan fingerprint density at radius 1 is 1.21 bits per heavy atom. The van der Waals surface area contributed by atoms with Crippen LogP contribution >= 0.6 is 0 Å². The van der Waals surface area contributed by atoms with Gasteiger partial charge in [0.05, 0.1) is 19.2 Å². The summed E-state index contributed by atoms with van der Waals surface area (Å²) in [5.74, 6) is 1.54. The highest BCUT2D eigenvalue weighted by Crippen LogP contribution is 2.20. The van der Waals surface area contributed by atoms with Gasteiger partial charge in [-0.3, -0.25) is 9.48 Å². The van der Waals surface area contributed by atoms with E-state index in [4.69, 9.17) is 14.0 Å². The summed E-state index contributed by atoms with van der Waals surface area (Å²) in [6.07, 6.45) is 0.162. The minimum atomic E-state index is -0.357. The fourth-order valence-corrected chi connectivity index (χ4v) is 3.02. The maximum atomic E-state index is 12.3. The van der Waals surface area contributed by atoms with Crippen LogP contribution < -0.4 is 4.74 Å². The van der Waals surface area contributed by atoms with Crippen LogP contribution in [0.4, 0.5) is 0 Å². The SMILES string of the molecule is COc1ccc(-c2noc(COC(=O)Cc3c(C)nn(CC(C)C)c3C)n2)cc1. The summed E-state index contributed by atoms with van der Waals surface area (Å²) >= 11 is 0. The topological polar surface area (TPSA) is 92.3 Å². The number of rotatable bonds is 8. The quantitative estimate of drug-likeness (QED) is 0.536. The number of nitrogens with zero attached hydrogens (tertiary/aromatic N) is 4. The predicted octanol–water partition coefficient (Wildman–Crippen LogP) is 3.50. The van der Waals surface area contributed by atoms with Crippen LogP contribution in [0.2, 0.25) is 0 Å². The standard InChI is InChI=1S/C21H26N4O4/c1-13(2)11-25-15(4)18(14(3)23-25)10-20(26)28-12-19-22-21(24-29-19)16-6-8-17(27-5)9-7-16/h6-9,13H,10-12H2,1-5H3. The summed E-state index contributed by atoms with van der Waals surface area (Å²) in [6.45, 7) is 8.90. The van der Waals surface area contributed by atoms with E-state index in [2.05, 4.69) is 29.1 Å². The molecule has 0 aliphatic carbocycles. The highest BCUT2D eigenvalue weighted by molar-refractivity contribution is 5.73. The molecule has 8 heteroatoms. The maximum Gasteiger partial charge on any atom is 0.310 e. The van der Waals surface area contributed by atoms with Crippen molar-refractivity contribution in [3.05, 3.63) is 47.1 Å². The Morgan fingerprint density at radius 3 is 2.59 bits per heavy atom. The van der Waals surface area contributed by atoms with E-state index in [1.54, 1.807) is 7.11 Å². The Kier molecular flexibility index (Phi) is 6.31. The molecule has 0 bridgehead atoms. The molecule has 2 heterocycles. The van der Waals surface area contributed by atoms with Gasteiger partial charge < -0.3 is 14.0 Å². The van der Waals surface area contributed by atoms with E-state index in [1.165, 1.54) is 0 Å². The van der Waals surface area contributed by atoms with E-state index < -0.39 is 0 Å². The third-order valence-corrected chi connectivity index (χ3v) is 4.56. The molecule has 0 radical (unpaired) electrons. The first-order valence-electron chi connectivity index (χ1n) is 9.53. The molecule has 0 aliphatic rings. The lowest BCUT2D eigenvalue weighted by molar-refractivity contribution is -0.144. The molecule has 29 heavy (non-hydrogen) atoms. The van der Waals surface area contributed by atoms with Crippen molar-refractivity contribution in [1.82, 2.24) is 19.9 Å². The van der Waals surface area contributed by atoms with Crippen LogP contribution in [0.3, 0.4) is 0 Å². The lowest BCUT2D eigenvalue weighted by atomic mass is 10.1. The average molecular weight is 398 g/mol. The Labute approximate surface area is 169 Å². The molecule has 0 aliphatic heterocycles. The third kappa shape index (κ3) is 5.01. The van der Waals surface area contributed by atoms with Gasteiger partial charge in [-0.1, -0.05) is 19.0 Å². The van der Waals surface area contributed by atoms with Crippen LogP contribution in [0.25, 0.3) is 11.4 Å². The van der Waals surface area contributed by atoms with E-state index in [-0.39, 0.29) is 24.9 Å². The molecule has 0 spiro atoms. The van der Waals surface area contributed by atoms with Crippen molar-refractivity contribution < 1.29 is 18.8 Å². The van der Waals surface area contributed by atoms with Crippen molar-refractivity contribution in [2.75, 3.05) is 7.11 Å². The van der Waals surface area contributed by atoms with Crippen LogP contribution in [0.5, 0.6) is 5.75 Å². The van der Waals surface area contributed by atoms with Crippen molar-refractivity contribution in [3.63, 3.8) is 0 Å². The van der Waals surface area contributed by atoms with Crippen molar-refractivity contribution in [3.8, 4) is 17.1 Å². The Bertz CT molecular complexity index is 973. The Hall–Kier alpha value is -3.16. The molecule has 3 rings (SSSR count). The van der Waals surface area contributed by atoms with Crippen LogP contribution in [0.15, 0.2) is 28.8 Å². The second kappa shape index (κ2) is 8.89. The number of ether oxygens (including phenoxy) is 2. The minimum absolute atomic E-state index is 0.0692. The highest BCUT2D eigenvalue weighted by Gasteiger charge is 2.17. The zero-order chi connectivity index (χ0) is 21.0. The third-order valence-electron chi connectivity index (χ3n) is 4.56. The van der Waals surface area contributed by atoms with Gasteiger partial charge in [0.15, 0.2) is 6.61 Å². The fraction of sp³-hybridized carbons (Fsp3) is 0.429. The molecule has 3 aromatic rings. The van der Waals surface area contributed by atoms with Crippen LogP contribution in [0.1, 0.15) is 36.7 Å². The van der Waals surface area contributed by atoms with E-state index >= 15 is 0 Å². The minimum Gasteiger partial charge on any atom is -0.497 e. The fourth-order valence-electron chi connectivity index (χ4n) is 3.02. The van der Waals surface area contributed by atoms with Crippen LogP contribution in [0, 0.1) is 19.8 Å². The number of hydrogen-bond acceptors (Lipinski definition) is 7. The molecule has 0 unspecified atom stereocenters. The lowest BCUT2D eigenvalue weighted by Crippen LogP contribution is -2.11. The lowest BCUT2D eigenvalue weighted by Gasteiger charge is -2.08. The molecule has 0 fully saturated rings. The summed E-state index contributed by atoms with van der Waals surface area (Å²) in [6, 6.07) is 7.30. The van der Waals surface area contributed by atoms with Crippen molar-refractivity contribution in [2.45, 2.75) is 47.3 Å². The predicted molar refractivity (Wildman–Crippen MR) is 106 cm³/mol. The van der Waals surface area contributed by atoms with Crippen molar-refractivity contribution >= 4 is 5.97 Å². The number of aromatic nitrogens is 4. The molecule has 0 atom stereocenters. The van der Waals surface area contributed by atoms with Gasteiger partial charge in [0.25, 0.3) is 5.89 Å². The number of hydrogen-bond donors (Lipinski definition) is 0. The molecule has 2 aromatic heterocycles.